The van der Waals surface area contributed by atoms with Crippen LogP contribution >= 0.6 is 0 Å². The number of allylic oxidation sites excluding steroid dienone is 4. The topological polar surface area (TPSA) is 17.1 Å². The molecule has 2 aliphatic rings. The van der Waals surface area contributed by atoms with Gasteiger partial charge in [-0.25, -0.2) is 0 Å². The average molecular weight is 204 g/mol. The fourth-order valence-corrected chi connectivity index (χ4v) is 2.69. The molecule has 2 rings (SSSR count). The summed E-state index contributed by atoms with van der Waals surface area (Å²) in [5.74, 6) is 0.387. The number of ketones is 1. The van der Waals surface area contributed by atoms with Crippen LogP contribution in [0.3, 0.4) is 0 Å². The van der Waals surface area contributed by atoms with Gasteiger partial charge < -0.3 is 0 Å². The van der Waals surface area contributed by atoms with E-state index < -0.39 is 0 Å². The normalized spacial score (nSPS) is 24.7. The van der Waals surface area contributed by atoms with Gasteiger partial charge in [-0.15, -0.1) is 0 Å². The molecule has 2 aliphatic carbocycles. The number of rotatable bonds is 2. The van der Waals surface area contributed by atoms with Crippen LogP contribution in [0.25, 0.3) is 0 Å². The van der Waals surface area contributed by atoms with E-state index in [9.17, 15) is 4.79 Å². The molecule has 1 heteroatoms. The van der Waals surface area contributed by atoms with Crippen LogP contribution in [0.15, 0.2) is 23.8 Å². The molecule has 1 saturated carbocycles. The van der Waals surface area contributed by atoms with E-state index in [2.05, 4.69) is 19.1 Å². The van der Waals surface area contributed by atoms with Crippen molar-refractivity contribution < 1.29 is 4.79 Å². The van der Waals surface area contributed by atoms with E-state index in [0.29, 0.717) is 5.78 Å². The van der Waals surface area contributed by atoms with Gasteiger partial charge >= 0.3 is 0 Å². The molecule has 0 aliphatic heterocycles. The molecule has 0 spiro atoms. The first-order valence-electron chi connectivity index (χ1n) is 6.14. The molecule has 0 heterocycles. The predicted molar refractivity (Wildman–Crippen MR) is 62.7 cm³/mol. The van der Waals surface area contributed by atoms with Gasteiger partial charge in [-0.1, -0.05) is 44.4 Å². The van der Waals surface area contributed by atoms with Crippen LogP contribution in [0.4, 0.5) is 0 Å². The Hall–Kier alpha value is -0.850. The van der Waals surface area contributed by atoms with E-state index in [1.165, 1.54) is 19.3 Å². The minimum Gasteiger partial charge on any atom is -0.294 e. The largest absolute Gasteiger partial charge is 0.294 e. The fraction of sp³-hybridized carbons (Fsp3) is 0.643. The lowest BCUT2D eigenvalue weighted by atomic mass is 9.70. The molecule has 0 bridgehead atoms. The first kappa shape index (κ1) is 10.7. The lowest BCUT2D eigenvalue weighted by Gasteiger charge is -2.32. The highest BCUT2D eigenvalue weighted by atomic mass is 16.1. The van der Waals surface area contributed by atoms with E-state index in [1.54, 1.807) is 0 Å². The van der Waals surface area contributed by atoms with Crippen molar-refractivity contribution in [1.29, 1.82) is 0 Å². The lowest BCUT2D eigenvalue weighted by Crippen LogP contribution is -2.31. The molecule has 0 aromatic carbocycles. The summed E-state index contributed by atoms with van der Waals surface area (Å²) < 4.78 is 0. The Balaban J connectivity index is 2.12. The summed E-state index contributed by atoms with van der Waals surface area (Å²) >= 11 is 0. The minimum atomic E-state index is -0.0637. The van der Waals surface area contributed by atoms with Crippen LogP contribution < -0.4 is 0 Å². The highest BCUT2D eigenvalue weighted by Gasteiger charge is 2.35. The van der Waals surface area contributed by atoms with Crippen molar-refractivity contribution in [2.75, 3.05) is 0 Å². The van der Waals surface area contributed by atoms with Crippen molar-refractivity contribution in [1.82, 2.24) is 0 Å². The Morgan fingerprint density at radius 1 is 1.20 bits per heavy atom. The first-order valence-corrected chi connectivity index (χ1v) is 6.14. The molecule has 0 aromatic rings. The van der Waals surface area contributed by atoms with E-state index >= 15 is 0 Å². The smallest absolute Gasteiger partial charge is 0.168 e. The maximum absolute atomic E-state index is 12.4. The van der Waals surface area contributed by atoms with Crippen molar-refractivity contribution in [2.24, 2.45) is 5.41 Å². The maximum atomic E-state index is 12.4. The Morgan fingerprint density at radius 3 is 2.53 bits per heavy atom. The molecule has 1 fully saturated rings. The summed E-state index contributed by atoms with van der Waals surface area (Å²) in [6.07, 6.45) is 14.3. The summed E-state index contributed by atoms with van der Waals surface area (Å²) in [5.41, 5.74) is 0.900. The molecule has 0 N–H and O–H groups in total. The Labute approximate surface area is 92.3 Å². The van der Waals surface area contributed by atoms with Crippen LogP contribution in [0, 0.1) is 5.41 Å². The highest BCUT2D eigenvalue weighted by molar-refractivity contribution is 6.02. The van der Waals surface area contributed by atoms with Gasteiger partial charge in [0.05, 0.1) is 0 Å². The summed E-state index contributed by atoms with van der Waals surface area (Å²) in [6, 6.07) is 0. The standard InChI is InChI=1S/C14H20O/c1-14(10-6-3-7-11-14)13(15)12-8-4-2-5-9-12/h4,8-9H,2-3,5-7,10-11H2,1H3. The van der Waals surface area contributed by atoms with Crippen molar-refractivity contribution in [2.45, 2.75) is 51.9 Å². The van der Waals surface area contributed by atoms with Gasteiger partial charge in [0.25, 0.3) is 0 Å². The van der Waals surface area contributed by atoms with Crippen LogP contribution in [0.2, 0.25) is 0 Å². The second-order valence-electron chi connectivity index (χ2n) is 5.09. The molecular formula is C14H20O. The molecule has 0 unspecified atom stereocenters. The third kappa shape index (κ3) is 2.22. The first-order chi connectivity index (χ1) is 7.22. The molecular weight excluding hydrogens is 184 g/mol. The summed E-state index contributed by atoms with van der Waals surface area (Å²) in [4.78, 5) is 12.4. The summed E-state index contributed by atoms with van der Waals surface area (Å²) in [5, 5.41) is 0. The molecule has 0 saturated heterocycles. The second kappa shape index (κ2) is 4.34. The molecule has 0 amide bonds. The number of carbonyl (C=O) groups is 1. The van der Waals surface area contributed by atoms with Crippen LogP contribution in [-0.2, 0) is 4.79 Å². The van der Waals surface area contributed by atoms with Crippen molar-refractivity contribution in [3.8, 4) is 0 Å². The maximum Gasteiger partial charge on any atom is 0.168 e. The highest BCUT2D eigenvalue weighted by Crippen LogP contribution is 2.39. The van der Waals surface area contributed by atoms with Gasteiger partial charge in [0, 0.05) is 11.0 Å². The van der Waals surface area contributed by atoms with E-state index in [0.717, 1.165) is 31.3 Å². The summed E-state index contributed by atoms with van der Waals surface area (Å²) in [6.45, 7) is 2.15. The summed E-state index contributed by atoms with van der Waals surface area (Å²) in [7, 11) is 0. The zero-order valence-corrected chi connectivity index (χ0v) is 9.59. The SMILES string of the molecule is CC1(C(=O)C2=CCCC=C2)CCCCC1. The van der Waals surface area contributed by atoms with Gasteiger partial charge in [0.1, 0.15) is 0 Å². The third-order valence-electron chi connectivity index (χ3n) is 3.76. The van der Waals surface area contributed by atoms with Crippen molar-refractivity contribution in [3.63, 3.8) is 0 Å². The third-order valence-corrected chi connectivity index (χ3v) is 3.76. The van der Waals surface area contributed by atoms with E-state index in [-0.39, 0.29) is 5.41 Å². The Morgan fingerprint density at radius 2 is 1.93 bits per heavy atom. The van der Waals surface area contributed by atoms with Gasteiger partial charge in [-0.2, -0.15) is 0 Å². The van der Waals surface area contributed by atoms with Gasteiger partial charge in [0.2, 0.25) is 0 Å². The Kier molecular flexibility index (Phi) is 3.08. The minimum absolute atomic E-state index is 0.0637. The predicted octanol–water partition coefficient (Wildman–Crippen LogP) is 3.80. The average Bonchev–Trinajstić information content (AvgIpc) is 2.30. The van der Waals surface area contributed by atoms with Gasteiger partial charge in [-0.3, -0.25) is 4.79 Å². The molecule has 0 atom stereocenters. The molecule has 0 aromatic heterocycles. The van der Waals surface area contributed by atoms with E-state index in [1.807, 2.05) is 6.08 Å². The zero-order valence-electron chi connectivity index (χ0n) is 9.59. The number of carbonyl (C=O) groups excluding carboxylic acids is 1. The van der Waals surface area contributed by atoms with Crippen LogP contribution in [-0.4, -0.2) is 5.78 Å². The molecule has 15 heavy (non-hydrogen) atoms. The van der Waals surface area contributed by atoms with Crippen molar-refractivity contribution >= 4 is 5.78 Å². The van der Waals surface area contributed by atoms with Crippen LogP contribution in [0.1, 0.15) is 51.9 Å². The lowest BCUT2D eigenvalue weighted by molar-refractivity contribution is -0.125. The number of hydrogen-bond acceptors (Lipinski definition) is 1. The van der Waals surface area contributed by atoms with Gasteiger partial charge in [0.15, 0.2) is 5.78 Å². The van der Waals surface area contributed by atoms with Crippen LogP contribution in [0.5, 0.6) is 0 Å². The number of hydrogen-bond donors (Lipinski definition) is 0. The quantitative estimate of drug-likeness (QED) is 0.668. The van der Waals surface area contributed by atoms with E-state index in [4.69, 9.17) is 0 Å². The fourth-order valence-electron chi connectivity index (χ4n) is 2.69. The molecule has 82 valence electrons. The molecule has 1 nitrogen and oxygen atoms in total. The Bertz CT molecular complexity index is 303. The van der Waals surface area contributed by atoms with Crippen molar-refractivity contribution in [3.05, 3.63) is 23.8 Å². The van der Waals surface area contributed by atoms with Gasteiger partial charge in [-0.05, 0) is 25.7 Å². The monoisotopic (exact) mass is 204 g/mol. The molecule has 0 radical (unpaired) electrons. The zero-order chi connectivity index (χ0) is 10.7. The second-order valence-corrected chi connectivity index (χ2v) is 5.09. The number of Topliss-reactive ketones (excluding diaryl/α,β-unsaturated/α-hetero) is 1.